The van der Waals surface area contributed by atoms with Gasteiger partial charge in [-0.05, 0) is 75.8 Å². The van der Waals surface area contributed by atoms with Crippen LogP contribution in [0.15, 0.2) is 168 Å². The van der Waals surface area contributed by atoms with Gasteiger partial charge in [-0.1, -0.05) is 135 Å². The number of nitrogens with zero attached hydrogens (tertiary/aromatic N) is 3. The van der Waals surface area contributed by atoms with Crippen LogP contribution in [0.3, 0.4) is 0 Å². The van der Waals surface area contributed by atoms with Crippen LogP contribution < -0.4 is 0 Å². The Morgan fingerprint density at radius 1 is 0.400 bits per heavy atom. The number of benzene rings is 8. The van der Waals surface area contributed by atoms with Crippen molar-refractivity contribution in [2.45, 2.75) is 19.3 Å². The van der Waals surface area contributed by atoms with Crippen LogP contribution >= 0.6 is 22.7 Å². The van der Waals surface area contributed by atoms with Gasteiger partial charge in [0, 0.05) is 73.2 Å². The van der Waals surface area contributed by atoms with E-state index in [0.29, 0.717) is 17.5 Å². The van der Waals surface area contributed by atoms with E-state index in [9.17, 15) is 0 Å². The van der Waals surface area contributed by atoms with Crippen LogP contribution in [-0.4, -0.2) is 15.0 Å². The van der Waals surface area contributed by atoms with E-state index >= 15 is 0 Å². The van der Waals surface area contributed by atoms with Gasteiger partial charge in [0.1, 0.15) is 11.2 Å². The van der Waals surface area contributed by atoms with Crippen molar-refractivity contribution in [2.75, 3.05) is 0 Å². The van der Waals surface area contributed by atoms with Crippen LogP contribution in [0.5, 0.6) is 0 Å². The molecule has 0 saturated heterocycles. The number of thiophene rings is 2. The van der Waals surface area contributed by atoms with Gasteiger partial charge in [0.15, 0.2) is 17.5 Å². The third kappa shape index (κ3) is 4.86. The largest absolute Gasteiger partial charge is 0.456 e. The maximum Gasteiger partial charge on any atom is 0.164 e. The van der Waals surface area contributed by atoms with Crippen molar-refractivity contribution in [1.29, 1.82) is 0 Å². The van der Waals surface area contributed by atoms with Gasteiger partial charge in [0.25, 0.3) is 0 Å². The van der Waals surface area contributed by atoms with Crippen molar-refractivity contribution in [3.8, 4) is 56.4 Å². The Balaban J connectivity index is 1.05. The van der Waals surface area contributed by atoms with E-state index in [0.717, 1.165) is 44.2 Å². The lowest BCUT2D eigenvalue weighted by Crippen LogP contribution is -2.16. The van der Waals surface area contributed by atoms with Gasteiger partial charge in [-0.3, -0.25) is 0 Å². The molecule has 0 atom stereocenters. The molecule has 0 unspecified atom stereocenters. The molecule has 4 nitrogen and oxygen atoms in total. The summed E-state index contributed by atoms with van der Waals surface area (Å²) in [5.41, 5.74) is 12.1. The highest BCUT2D eigenvalue weighted by Gasteiger charge is 2.37. The minimum Gasteiger partial charge on any atom is -0.456 e. The summed E-state index contributed by atoms with van der Waals surface area (Å²) in [5.74, 6) is 1.89. The summed E-state index contributed by atoms with van der Waals surface area (Å²) in [7, 11) is 0. The molecule has 0 N–H and O–H groups in total. The summed E-state index contributed by atoms with van der Waals surface area (Å²) in [6.45, 7) is 4.69. The smallest absolute Gasteiger partial charge is 0.164 e. The number of fused-ring (bicyclic) bond motifs is 12. The Labute approximate surface area is 353 Å². The van der Waals surface area contributed by atoms with Crippen molar-refractivity contribution in [3.63, 3.8) is 0 Å². The van der Waals surface area contributed by atoms with Crippen LogP contribution in [0.4, 0.5) is 0 Å². The molecule has 4 aromatic heterocycles. The second kappa shape index (κ2) is 12.5. The molecule has 0 spiro atoms. The van der Waals surface area contributed by atoms with Gasteiger partial charge < -0.3 is 4.42 Å². The van der Waals surface area contributed by atoms with E-state index < -0.39 is 0 Å². The maximum atomic E-state index is 6.62. The summed E-state index contributed by atoms with van der Waals surface area (Å²) >= 11 is 3.60. The van der Waals surface area contributed by atoms with E-state index in [1.165, 1.54) is 68.2 Å². The highest BCUT2D eigenvalue weighted by atomic mass is 32.1. The second-order valence-electron chi connectivity index (χ2n) is 16.3. The molecule has 6 heteroatoms. The number of aromatic nitrogens is 3. The molecule has 0 bridgehead atoms. The van der Waals surface area contributed by atoms with E-state index in [-0.39, 0.29) is 5.41 Å². The number of furan rings is 1. The summed E-state index contributed by atoms with van der Waals surface area (Å²) in [4.78, 5) is 16.0. The molecule has 0 amide bonds. The summed E-state index contributed by atoms with van der Waals surface area (Å²) in [6, 6.07) is 58.7. The highest BCUT2D eigenvalue weighted by Crippen LogP contribution is 2.52. The van der Waals surface area contributed by atoms with Gasteiger partial charge in [0.05, 0.1) is 0 Å². The Morgan fingerprint density at radius 3 is 1.87 bits per heavy atom. The Morgan fingerprint density at radius 2 is 1.00 bits per heavy atom. The molecule has 8 aromatic carbocycles. The molecule has 282 valence electrons. The lowest BCUT2D eigenvalue weighted by molar-refractivity contribution is 0.662. The van der Waals surface area contributed by atoms with Crippen LogP contribution in [0.25, 0.3) is 119 Å². The quantitative estimate of drug-likeness (QED) is 0.178. The fraction of sp³-hybridized carbons (Fsp3) is 0.0556. The Bertz CT molecular complexity index is 3770. The number of hydrogen-bond donors (Lipinski definition) is 0. The Kier molecular flexibility index (Phi) is 7.07. The summed E-state index contributed by atoms with van der Waals surface area (Å²) in [6.07, 6.45) is 0. The van der Waals surface area contributed by atoms with Crippen molar-refractivity contribution in [3.05, 3.63) is 175 Å². The zero-order chi connectivity index (χ0) is 39.7. The molecule has 1 aliphatic rings. The highest BCUT2D eigenvalue weighted by molar-refractivity contribution is 7.26. The first-order valence-electron chi connectivity index (χ1n) is 20.3. The van der Waals surface area contributed by atoms with E-state index in [1.807, 2.05) is 6.07 Å². The zero-order valence-corrected chi connectivity index (χ0v) is 34.3. The maximum absolute atomic E-state index is 6.62. The SMILES string of the molecule is CC1(C)c2ccccc2-c2cccc(-c3ccc4oc5cccc(-c6nc(-c7ccc8c(c7)sc7ccccc78)nc(-c7cccc8sc9ccccc9c78)n6)c5c4c3)c21. The van der Waals surface area contributed by atoms with Crippen LogP contribution in [-0.2, 0) is 5.41 Å². The predicted molar refractivity (Wildman–Crippen MR) is 252 cm³/mol. The van der Waals surface area contributed by atoms with Crippen molar-refractivity contribution in [2.24, 2.45) is 0 Å². The molecule has 0 fully saturated rings. The zero-order valence-electron chi connectivity index (χ0n) is 32.7. The minimum absolute atomic E-state index is 0.145. The van der Waals surface area contributed by atoms with E-state index in [2.05, 4.69) is 172 Å². The summed E-state index contributed by atoms with van der Waals surface area (Å²) in [5, 5.41) is 6.90. The van der Waals surface area contributed by atoms with Crippen molar-refractivity contribution in [1.82, 2.24) is 15.0 Å². The topological polar surface area (TPSA) is 51.8 Å². The standard InChI is InChI=1S/C54H33N3OS2/c1-54(2)41-19-6-3-12-33(41)36-16-9-15-32(50(36)54)30-25-27-42-40(28-30)48-38(17-10-20-43(48)58-42)52-55-51(31-24-26-35-34-13-4-7-21-44(34)60-47(35)29-31)56-53(57-52)39-18-11-23-46-49(39)37-14-5-8-22-45(37)59-46/h3-29H,1-2H3. The van der Waals surface area contributed by atoms with Gasteiger partial charge in [0.2, 0.25) is 0 Å². The lowest BCUT2D eigenvalue weighted by Gasteiger charge is -2.24. The van der Waals surface area contributed by atoms with E-state index in [1.54, 1.807) is 22.7 Å². The van der Waals surface area contributed by atoms with Crippen molar-refractivity contribution >= 4 is 85.0 Å². The van der Waals surface area contributed by atoms with Crippen LogP contribution in [0, 0.1) is 0 Å². The molecule has 1 aliphatic carbocycles. The van der Waals surface area contributed by atoms with E-state index in [4.69, 9.17) is 19.4 Å². The first-order valence-corrected chi connectivity index (χ1v) is 21.9. The molecule has 0 saturated carbocycles. The molecule has 0 aliphatic heterocycles. The van der Waals surface area contributed by atoms with Crippen LogP contribution in [0.1, 0.15) is 25.0 Å². The molecule has 4 heterocycles. The number of hydrogen-bond acceptors (Lipinski definition) is 6. The Hall–Kier alpha value is -6.99. The third-order valence-corrected chi connectivity index (χ3v) is 14.8. The second-order valence-corrected chi connectivity index (χ2v) is 18.5. The molecule has 60 heavy (non-hydrogen) atoms. The molecular formula is C54H33N3OS2. The van der Waals surface area contributed by atoms with Gasteiger partial charge in [-0.15, -0.1) is 22.7 Å². The van der Waals surface area contributed by atoms with Gasteiger partial charge in [-0.25, -0.2) is 15.0 Å². The van der Waals surface area contributed by atoms with Crippen molar-refractivity contribution < 1.29 is 4.42 Å². The average molecular weight is 804 g/mol. The molecule has 12 aromatic rings. The lowest BCUT2D eigenvalue weighted by atomic mass is 9.79. The fourth-order valence-electron chi connectivity index (χ4n) is 9.84. The predicted octanol–water partition coefficient (Wildman–Crippen LogP) is 15.5. The molecule has 13 rings (SSSR count). The number of rotatable bonds is 4. The summed E-state index contributed by atoms with van der Waals surface area (Å²) < 4.78 is 11.5. The molecular weight excluding hydrogens is 771 g/mol. The average Bonchev–Trinajstić information content (AvgIpc) is 4.04. The van der Waals surface area contributed by atoms with Gasteiger partial charge in [-0.2, -0.15) is 0 Å². The van der Waals surface area contributed by atoms with Gasteiger partial charge >= 0.3 is 0 Å². The molecule has 0 radical (unpaired) electrons. The first-order chi connectivity index (χ1) is 29.5. The van der Waals surface area contributed by atoms with Crippen LogP contribution in [0.2, 0.25) is 0 Å². The normalized spacial score (nSPS) is 13.3. The fourth-order valence-corrected chi connectivity index (χ4v) is 12.1. The first kappa shape index (κ1) is 33.9. The minimum atomic E-state index is -0.145. The monoisotopic (exact) mass is 803 g/mol. The third-order valence-electron chi connectivity index (χ3n) is 12.5.